The molecule has 0 bridgehead atoms. The molecule has 5 rings (SSSR count). The number of fused-ring (bicyclic) bond motifs is 2. The SMILES string of the molecule is COc1ccc2c(c1)OCN(C[C@@]1(c3cc4cc(C(=O)N(C)CCN(C)C)c(F)cc4o3)NC(=O)NC1=O)C2. The number of carbonyl (C=O) groups is 3. The van der Waals surface area contributed by atoms with Gasteiger partial charge in [0.05, 0.1) is 12.7 Å². The van der Waals surface area contributed by atoms with Gasteiger partial charge in [-0.3, -0.25) is 19.8 Å². The molecule has 0 radical (unpaired) electrons. The lowest BCUT2D eigenvalue weighted by Gasteiger charge is -2.34. The Kier molecular flexibility index (Phi) is 6.91. The third-order valence-corrected chi connectivity index (χ3v) is 6.96. The van der Waals surface area contributed by atoms with Crippen LogP contribution in [0.4, 0.5) is 9.18 Å². The van der Waals surface area contributed by atoms with Gasteiger partial charge in [0.1, 0.15) is 35.4 Å². The van der Waals surface area contributed by atoms with Gasteiger partial charge in [0.25, 0.3) is 11.8 Å². The van der Waals surface area contributed by atoms with Gasteiger partial charge in [0, 0.05) is 56.3 Å². The Balaban J connectivity index is 1.45. The van der Waals surface area contributed by atoms with E-state index in [4.69, 9.17) is 13.9 Å². The Morgan fingerprint density at radius 2 is 1.95 bits per heavy atom. The van der Waals surface area contributed by atoms with E-state index in [1.165, 1.54) is 11.0 Å². The number of hydrogen-bond acceptors (Lipinski definition) is 8. The minimum absolute atomic E-state index is 0.0252. The fourth-order valence-electron chi connectivity index (χ4n) is 4.76. The number of benzene rings is 2. The third kappa shape index (κ3) is 5.00. The van der Waals surface area contributed by atoms with Crippen LogP contribution in [0.3, 0.4) is 0 Å². The molecule has 0 unspecified atom stereocenters. The quantitative estimate of drug-likeness (QED) is 0.418. The summed E-state index contributed by atoms with van der Waals surface area (Å²) in [5, 5.41) is 5.41. The van der Waals surface area contributed by atoms with Crippen LogP contribution in [-0.4, -0.2) is 87.2 Å². The summed E-state index contributed by atoms with van der Waals surface area (Å²) in [4.78, 5) is 43.6. The number of imide groups is 1. The van der Waals surface area contributed by atoms with Crippen molar-refractivity contribution in [3.63, 3.8) is 0 Å². The molecular formula is C27H30FN5O6. The maximum absolute atomic E-state index is 15.0. The molecule has 2 aliphatic rings. The minimum atomic E-state index is -1.59. The lowest BCUT2D eigenvalue weighted by atomic mass is 9.94. The van der Waals surface area contributed by atoms with E-state index in [0.717, 1.165) is 11.6 Å². The highest BCUT2D eigenvalue weighted by molar-refractivity contribution is 6.08. The number of furan rings is 1. The van der Waals surface area contributed by atoms with E-state index in [1.54, 1.807) is 26.3 Å². The molecule has 2 N–H and O–H groups in total. The first-order chi connectivity index (χ1) is 18.6. The molecule has 12 heteroatoms. The second-order valence-corrected chi connectivity index (χ2v) is 10.1. The molecule has 0 saturated carbocycles. The number of nitrogens with one attached hydrogen (secondary N) is 2. The predicted molar refractivity (Wildman–Crippen MR) is 139 cm³/mol. The van der Waals surface area contributed by atoms with Gasteiger partial charge in [-0.25, -0.2) is 9.18 Å². The zero-order valence-corrected chi connectivity index (χ0v) is 22.2. The summed E-state index contributed by atoms with van der Waals surface area (Å²) in [6, 6.07) is 8.89. The number of urea groups is 1. The standard InChI is InChI=1S/C27H30FN5O6/c1-31(2)7-8-32(3)24(34)19-9-17-10-23(39-22(17)12-20(19)28)27(25(35)29-26(36)30-27)14-33-13-16-5-6-18(37-4)11-21(16)38-15-33/h5-6,9-12H,7-8,13-15H2,1-4H3,(H2,29,30,35,36)/t27-/m0/s1. The summed E-state index contributed by atoms with van der Waals surface area (Å²) < 4.78 is 32.1. The number of methoxy groups -OCH3 is 1. The van der Waals surface area contributed by atoms with Crippen LogP contribution in [0.25, 0.3) is 11.0 Å². The van der Waals surface area contributed by atoms with E-state index in [-0.39, 0.29) is 30.2 Å². The molecule has 2 aromatic carbocycles. The number of carbonyl (C=O) groups excluding carboxylic acids is 3. The first-order valence-corrected chi connectivity index (χ1v) is 12.4. The molecule has 4 amide bonds. The Labute approximate surface area is 224 Å². The lowest BCUT2D eigenvalue weighted by molar-refractivity contribution is -0.126. The first kappa shape index (κ1) is 26.4. The highest BCUT2D eigenvalue weighted by atomic mass is 19.1. The smallest absolute Gasteiger partial charge is 0.322 e. The van der Waals surface area contributed by atoms with Crippen molar-refractivity contribution in [2.24, 2.45) is 0 Å². The van der Waals surface area contributed by atoms with Crippen molar-refractivity contribution >= 4 is 28.8 Å². The van der Waals surface area contributed by atoms with Crippen LogP contribution in [-0.2, 0) is 16.9 Å². The van der Waals surface area contributed by atoms with Gasteiger partial charge in [-0.2, -0.15) is 0 Å². The van der Waals surface area contributed by atoms with Crippen molar-refractivity contribution < 1.29 is 32.7 Å². The van der Waals surface area contributed by atoms with Crippen LogP contribution >= 0.6 is 0 Å². The second-order valence-electron chi connectivity index (χ2n) is 10.1. The maximum Gasteiger partial charge on any atom is 0.322 e. The van der Waals surface area contributed by atoms with Crippen LogP contribution in [0.2, 0.25) is 0 Å². The van der Waals surface area contributed by atoms with Crippen molar-refractivity contribution in [3.05, 3.63) is 59.1 Å². The number of halogens is 1. The number of ether oxygens (including phenoxy) is 2. The zero-order chi connectivity index (χ0) is 27.9. The largest absolute Gasteiger partial charge is 0.497 e. The average Bonchev–Trinajstić information content (AvgIpc) is 3.45. The first-order valence-electron chi connectivity index (χ1n) is 12.4. The number of amides is 4. The van der Waals surface area contributed by atoms with Crippen LogP contribution in [0.1, 0.15) is 21.7 Å². The van der Waals surface area contributed by atoms with Crippen LogP contribution in [0, 0.1) is 5.82 Å². The van der Waals surface area contributed by atoms with Crippen molar-refractivity contribution in [1.29, 1.82) is 0 Å². The van der Waals surface area contributed by atoms with Gasteiger partial charge < -0.3 is 29.0 Å². The zero-order valence-electron chi connectivity index (χ0n) is 22.2. The Bertz CT molecular complexity index is 1460. The van der Waals surface area contributed by atoms with Gasteiger partial charge in [0.2, 0.25) is 0 Å². The molecule has 1 atom stereocenters. The van der Waals surface area contributed by atoms with E-state index >= 15 is 4.39 Å². The van der Waals surface area contributed by atoms with E-state index in [9.17, 15) is 14.4 Å². The molecule has 3 heterocycles. The minimum Gasteiger partial charge on any atom is -0.497 e. The third-order valence-electron chi connectivity index (χ3n) is 6.96. The van der Waals surface area contributed by atoms with Crippen molar-refractivity contribution in [1.82, 2.24) is 25.3 Å². The molecule has 1 aromatic heterocycles. The number of rotatable bonds is 8. The fraction of sp³-hybridized carbons (Fsp3) is 0.370. The molecule has 3 aromatic rings. The summed E-state index contributed by atoms with van der Waals surface area (Å²) in [5.41, 5.74) is -0.667. The summed E-state index contributed by atoms with van der Waals surface area (Å²) in [6.45, 7) is 1.66. The molecule has 206 valence electrons. The van der Waals surface area contributed by atoms with E-state index in [0.29, 0.717) is 36.5 Å². The van der Waals surface area contributed by atoms with Gasteiger partial charge in [-0.15, -0.1) is 0 Å². The van der Waals surface area contributed by atoms with Crippen molar-refractivity contribution in [2.75, 3.05) is 54.6 Å². The Morgan fingerprint density at radius 3 is 2.64 bits per heavy atom. The highest BCUT2D eigenvalue weighted by Gasteiger charge is 2.52. The van der Waals surface area contributed by atoms with Gasteiger partial charge in [-0.05, 0) is 32.3 Å². The Hall–Kier alpha value is -4.16. The predicted octanol–water partition coefficient (Wildman–Crippen LogP) is 2.10. The van der Waals surface area contributed by atoms with Crippen LogP contribution in [0.15, 0.2) is 40.8 Å². The monoisotopic (exact) mass is 539 g/mol. The summed E-state index contributed by atoms with van der Waals surface area (Å²) in [6.07, 6.45) is 0. The highest BCUT2D eigenvalue weighted by Crippen LogP contribution is 2.35. The molecule has 11 nitrogen and oxygen atoms in total. The number of hydrogen-bond donors (Lipinski definition) is 2. The van der Waals surface area contributed by atoms with Gasteiger partial charge >= 0.3 is 6.03 Å². The molecule has 2 aliphatic heterocycles. The Morgan fingerprint density at radius 1 is 1.15 bits per heavy atom. The normalized spacial score (nSPS) is 19.0. The van der Waals surface area contributed by atoms with Crippen molar-refractivity contribution in [3.8, 4) is 11.5 Å². The average molecular weight is 540 g/mol. The number of likely N-dealkylation sites (N-methyl/N-ethyl adjacent to an activating group) is 2. The van der Waals surface area contributed by atoms with Crippen LogP contribution in [0.5, 0.6) is 11.5 Å². The topological polar surface area (TPSA) is 117 Å². The maximum atomic E-state index is 15.0. The molecule has 1 fully saturated rings. The fourth-order valence-corrected chi connectivity index (χ4v) is 4.76. The van der Waals surface area contributed by atoms with Gasteiger partial charge in [0.15, 0.2) is 5.54 Å². The van der Waals surface area contributed by atoms with E-state index in [2.05, 4.69) is 10.6 Å². The molecule has 1 saturated heterocycles. The summed E-state index contributed by atoms with van der Waals surface area (Å²) in [5.74, 6) is -0.362. The molecule has 39 heavy (non-hydrogen) atoms. The molecule has 0 spiro atoms. The van der Waals surface area contributed by atoms with Gasteiger partial charge in [-0.1, -0.05) is 6.07 Å². The molecule has 0 aliphatic carbocycles. The second kappa shape index (κ2) is 10.2. The van der Waals surface area contributed by atoms with E-state index in [1.807, 2.05) is 36.0 Å². The van der Waals surface area contributed by atoms with Crippen molar-refractivity contribution in [2.45, 2.75) is 12.1 Å². The van der Waals surface area contributed by atoms with E-state index < -0.39 is 29.2 Å². The van der Waals surface area contributed by atoms with Crippen LogP contribution < -0.4 is 20.1 Å². The molecular weight excluding hydrogens is 509 g/mol. The number of nitrogens with zero attached hydrogens (tertiary/aromatic N) is 3. The summed E-state index contributed by atoms with van der Waals surface area (Å²) >= 11 is 0. The summed E-state index contributed by atoms with van der Waals surface area (Å²) in [7, 11) is 6.96. The lowest BCUT2D eigenvalue weighted by Crippen LogP contribution is -2.53.